The van der Waals surface area contributed by atoms with E-state index in [1.54, 1.807) is 43.4 Å². The molecule has 2 amide bonds. The third-order valence-corrected chi connectivity index (χ3v) is 6.60. The lowest BCUT2D eigenvalue weighted by molar-refractivity contribution is -0.0489. The summed E-state index contributed by atoms with van der Waals surface area (Å²) >= 11 is 5.82. The third-order valence-electron chi connectivity index (χ3n) is 4.45. The van der Waals surface area contributed by atoms with E-state index in [9.17, 15) is 31.2 Å². The molecule has 0 aliphatic carbocycles. The summed E-state index contributed by atoms with van der Waals surface area (Å²) in [6, 6.07) is 12.5. The molecule has 1 unspecified atom stereocenters. The van der Waals surface area contributed by atoms with Gasteiger partial charge in [0, 0.05) is 35.8 Å². The molecule has 2 aromatic rings. The molecule has 0 aliphatic rings. The first-order chi connectivity index (χ1) is 15.2. The third kappa shape index (κ3) is 6.84. The second-order valence-corrected chi connectivity index (χ2v) is 9.95. The minimum Gasteiger partial charge on any atom is -0.429 e. The number of hydrogen-bond acceptors (Lipinski definition) is 5. The number of halogens is 4. The first-order valence-corrected chi connectivity index (χ1v) is 11.5. The number of alkyl halides is 3. The van der Waals surface area contributed by atoms with Crippen LogP contribution in [0.4, 0.5) is 23.7 Å². The van der Waals surface area contributed by atoms with Gasteiger partial charge >= 0.3 is 11.6 Å². The van der Waals surface area contributed by atoms with Crippen molar-refractivity contribution in [3.8, 4) is 0 Å². The molecule has 0 spiro atoms. The molecule has 0 aliphatic heterocycles. The molecule has 12 heteroatoms. The zero-order valence-corrected chi connectivity index (χ0v) is 19.5. The van der Waals surface area contributed by atoms with Gasteiger partial charge in [-0.3, -0.25) is 10.1 Å². The number of nitrogens with one attached hydrogen (secondary N) is 1. The molecule has 0 heterocycles. The molecule has 2 rings (SSSR count). The van der Waals surface area contributed by atoms with Crippen molar-refractivity contribution in [1.29, 1.82) is 0 Å². The van der Waals surface area contributed by atoms with Crippen molar-refractivity contribution in [3.63, 3.8) is 0 Å². The van der Waals surface area contributed by atoms with Crippen LogP contribution in [0.25, 0.3) is 0 Å². The molecular weight excluding hydrogens is 485 g/mol. The van der Waals surface area contributed by atoms with Gasteiger partial charge in [-0.25, -0.2) is 13.2 Å². The van der Waals surface area contributed by atoms with E-state index in [1.807, 2.05) is 0 Å². The molecule has 0 radical (unpaired) electrons. The number of rotatable bonds is 7. The molecule has 0 saturated heterocycles. The van der Waals surface area contributed by atoms with Crippen molar-refractivity contribution >= 4 is 39.1 Å². The lowest BCUT2D eigenvalue weighted by Gasteiger charge is -2.22. The zero-order valence-electron chi connectivity index (χ0n) is 17.9. The van der Waals surface area contributed by atoms with Crippen molar-refractivity contribution in [3.05, 3.63) is 64.7 Å². The summed E-state index contributed by atoms with van der Waals surface area (Å²) in [4.78, 5) is 25.9. The van der Waals surface area contributed by atoms with E-state index in [-0.39, 0.29) is 18.1 Å². The van der Waals surface area contributed by atoms with Crippen LogP contribution in [0.2, 0.25) is 5.02 Å². The molecule has 0 aromatic heterocycles. The van der Waals surface area contributed by atoms with E-state index in [2.05, 4.69) is 10.1 Å². The largest absolute Gasteiger partial charge is 0.501 e. The molecular formula is C21H22ClF3N2O5S. The van der Waals surface area contributed by atoms with E-state index in [0.29, 0.717) is 16.1 Å². The number of nitrogens with zero attached hydrogens (tertiary/aromatic N) is 1. The number of amides is 2. The molecule has 7 nitrogen and oxygen atoms in total. The van der Waals surface area contributed by atoms with Gasteiger partial charge in [0.2, 0.25) is 5.44 Å². The fraction of sp³-hybridized carbons (Fsp3) is 0.333. The minimum absolute atomic E-state index is 0.169. The van der Waals surface area contributed by atoms with Crippen LogP contribution in [-0.4, -0.2) is 43.3 Å². The SMILES string of the molecule is CC(C)C(OC(=O)Nc1ccc(CN(C)C(=O)c2ccc(Cl)cc2)cc1)S(=O)(=O)C(F)(F)F. The van der Waals surface area contributed by atoms with Crippen LogP contribution in [0.1, 0.15) is 29.8 Å². The Hall–Kier alpha value is -2.79. The Morgan fingerprint density at radius 2 is 1.61 bits per heavy atom. The van der Waals surface area contributed by atoms with E-state index >= 15 is 0 Å². The second-order valence-electron chi connectivity index (χ2n) is 7.50. The Morgan fingerprint density at radius 3 is 2.09 bits per heavy atom. The summed E-state index contributed by atoms with van der Waals surface area (Å²) in [5.74, 6) is -1.36. The maximum Gasteiger partial charge on any atom is 0.501 e. The Kier molecular flexibility index (Phi) is 8.36. The van der Waals surface area contributed by atoms with Gasteiger partial charge in [0.25, 0.3) is 15.7 Å². The van der Waals surface area contributed by atoms with Crippen molar-refractivity contribution in [2.75, 3.05) is 12.4 Å². The summed E-state index contributed by atoms with van der Waals surface area (Å²) < 4.78 is 66.3. The molecule has 0 bridgehead atoms. The molecule has 2 aromatic carbocycles. The molecule has 1 N–H and O–H groups in total. The van der Waals surface area contributed by atoms with Crippen molar-refractivity contribution < 1.29 is 35.9 Å². The van der Waals surface area contributed by atoms with Crippen LogP contribution >= 0.6 is 11.6 Å². The van der Waals surface area contributed by atoms with Gasteiger partial charge in [-0.15, -0.1) is 0 Å². The quantitative estimate of drug-likeness (QED) is 0.565. The highest BCUT2D eigenvalue weighted by Crippen LogP contribution is 2.31. The van der Waals surface area contributed by atoms with E-state index < -0.39 is 32.8 Å². The zero-order chi connectivity index (χ0) is 25.0. The van der Waals surface area contributed by atoms with Crippen molar-refractivity contribution in [2.45, 2.75) is 31.3 Å². The summed E-state index contributed by atoms with van der Waals surface area (Å²) in [6.07, 6.45) is -1.34. The van der Waals surface area contributed by atoms with E-state index in [4.69, 9.17) is 11.6 Å². The average molecular weight is 507 g/mol. The molecule has 1 atom stereocenters. The van der Waals surface area contributed by atoms with Gasteiger partial charge in [-0.1, -0.05) is 37.6 Å². The summed E-state index contributed by atoms with van der Waals surface area (Å²) in [5, 5.41) is 2.71. The minimum atomic E-state index is -5.71. The molecule has 180 valence electrons. The lowest BCUT2D eigenvalue weighted by Crippen LogP contribution is -2.41. The van der Waals surface area contributed by atoms with Gasteiger partial charge in [0.15, 0.2) is 0 Å². The molecule has 0 saturated carbocycles. The summed E-state index contributed by atoms with van der Waals surface area (Å²) in [5.41, 5.74) is -6.61. The highest BCUT2D eigenvalue weighted by Gasteiger charge is 2.53. The topological polar surface area (TPSA) is 92.8 Å². The van der Waals surface area contributed by atoms with Crippen molar-refractivity contribution in [2.24, 2.45) is 5.92 Å². The number of benzene rings is 2. The Balaban J connectivity index is 2.01. The highest BCUT2D eigenvalue weighted by molar-refractivity contribution is 7.92. The van der Waals surface area contributed by atoms with Gasteiger partial charge in [0.1, 0.15) is 0 Å². The van der Waals surface area contributed by atoms with E-state index in [0.717, 1.165) is 0 Å². The standard InChI is InChI=1S/C21H22ClF3N2O5S/c1-13(2)19(33(30,31)21(23,24)25)32-20(29)26-17-10-4-14(5-11-17)12-27(3)18(28)15-6-8-16(22)9-7-15/h4-11,13,19H,12H2,1-3H3,(H,26,29). The number of anilines is 1. The smallest absolute Gasteiger partial charge is 0.429 e. The summed E-state index contributed by atoms with van der Waals surface area (Å²) in [6.45, 7) is 2.63. The predicted molar refractivity (Wildman–Crippen MR) is 117 cm³/mol. The number of hydrogen-bond donors (Lipinski definition) is 1. The summed E-state index contributed by atoms with van der Waals surface area (Å²) in [7, 11) is -4.10. The van der Waals surface area contributed by atoms with Crippen molar-refractivity contribution in [1.82, 2.24) is 4.90 Å². The van der Waals surface area contributed by atoms with Gasteiger partial charge < -0.3 is 9.64 Å². The number of sulfone groups is 1. The number of ether oxygens (including phenoxy) is 1. The molecule has 0 fully saturated rings. The van der Waals surface area contributed by atoms with Gasteiger partial charge in [-0.2, -0.15) is 13.2 Å². The Bertz CT molecular complexity index is 1090. The second kappa shape index (κ2) is 10.4. The van der Waals surface area contributed by atoms with Crippen LogP contribution in [0.15, 0.2) is 48.5 Å². The average Bonchev–Trinajstić information content (AvgIpc) is 2.72. The maximum absolute atomic E-state index is 12.8. The normalized spacial score (nSPS) is 12.8. The first kappa shape index (κ1) is 26.5. The van der Waals surface area contributed by atoms with Crippen LogP contribution in [0.5, 0.6) is 0 Å². The predicted octanol–water partition coefficient (Wildman–Crippen LogP) is 5.08. The number of carbonyl (C=O) groups excluding carboxylic acids is 2. The monoisotopic (exact) mass is 506 g/mol. The Labute approximate surface area is 194 Å². The van der Waals surface area contributed by atoms with Crippen LogP contribution < -0.4 is 5.32 Å². The van der Waals surface area contributed by atoms with Crippen LogP contribution in [0, 0.1) is 5.92 Å². The fourth-order valence-corrected chi connectivity index (χ4v) is 4.11. The highest BCUT2D eigenvalue weighted by atomic mass is 35.5. The molecule has 33 heavy (non-hydrogen) atoms. The maximum atomic E-state index is 12.8. The first-order valence-electron chi connectivity index (χ1n) is 9.60. The Morgan fingerprint density at radius 1 is 1.06 bits per heavy atom. The van der Waals surface area contributed by atoms with Gasteiger partial charge in [0.05, 0.1) is 0 Å². The fourth-order valence-electron chi connectivity index (χ4n) is 2.79. The lowest BCUT2D eigenvalue weighted by atomic mass is 10.1. The van der Waals surface area contributed by atoms with Gasteiger partial charge in [-0.05, 0) is 42.0 Å². The van der Waals surface area contributed by atoms with Crippen LogP contribution in [0.3, 0.4) is 0 Å². The van der Waals surface area contributed by atoms with Crippen LogP contribution in [-0.2, 0) is 21.1 Å². The number of carbonyl (C=O) groups is 2. The van der Waals surface area contributed by atoms with E-state index in [1.165, 1.54) is 30.9 Å².